The minimum Gasteiger partial charge on any atom is -0.369 e. The van der Waals surface area contributed by atoms with E-state index in [1.165, 1.54) is 0 Å². The van der Waals surface area contributed by atoms with Crippen LogP contribution in [0.15, 0.2) is 48.5 Å². The van der Waals surface area contributed by atoms with E-state index < -0.39 is 5.41 Å². The number of carbonyl (C=O) groups excluding carboxylic acids is 1. The number of rotatable bonds is 5. The lowest BCUT2D eigenvalue weighted by Gasteiger charge is -2.28. The summed E-state index contributed by atoms with van der Waals surface area (Å²) in [5, 5.41) is 0.950. The molecule has 1 aliphatic carbocycles. The molecule has 1 aliphatic rings. The van der Waals surface area contributed by atoms with E-state index in [0.717, 1.165) is 46.8 Å². The second kappa shape index (κ2) is 5.64. The fraction of sp³-hybridized carbons (Fsp3) is 0.278. The van der Waals surface area contributed by atoms with Crippen molar-refractivity contribution in [2.75, 3.05) is 5.33 Å². The number of primary amides is 1. The molecule has 0 aliphatic heterocycles. The predicted molar refractivity (Wildman–Crippen MR) is 89.5 cm³/mol. The van der Waals surface area contributed by atoms with Crippen molar-refractivity contribution in [1.29, 1.82) is 0 Å². The van der Waals surface area contributed by atoms with Gasteiger partial charge in [-0.1, -0.05) is 70.9 Å². The van der Waals surface area contributed by atoms with Crippen LogP contribution in [0.25, 0.3) is 11.1 Å². The van der Waals surface area contributed by atoms with Gasteiger partial charge in [-0.25, -0.2) is 0 Å². The van der Waals surface area contributed by atoms with Gasteiger partial charge in [0.2, 0.25) is 5.91 Å². The highest BCUT2D eigenvalue weighted by molar-refractivity contribution is 9.09. The van der Waals surface area contributed by atoms with Crippen molar-refractivity contribution >= 4 is 21.8 Å². The zero-order chi connectivity index (χ0) is 14.9. The molecule has 3 heteroatoms. The van der Waals surface area contributed by atoms with Crippen molar-refractivity contribution in [2.45, 2.75) is 24.7 Å². The van der Waals surface area contributed by atoms with Crippen molar-refractivity contribution in [3.63, 3.8) is 0 Å². The Morgan fingerprint density at radius 1 is 0.952 bits per heavy atom. The Morgan fingerprint density at radius 3 is 1.95 bits per heavy atom. The average molecular weight is 344 g/mol. The smallest absolute Gasteiger partial charge is 0.232 e. The van der Waals surface area contributed by atoms with Crippen LogP contribution >= 0.6 is 15.9 Å². The number of alkyl halides is 1. The summed E-state index contributed by atoms with van der Waals surface area (Å²) in [4.78, 5) is 12.5. The van der Waals surface area contributed by atoms with E-state index >= 15 is 0 Å². The molecule has 1 amide bonds. The molecule has 21 heavy (non-hydrogen) atoms. The highest BCUT2D eigenvalue weighted by atomic mass is 79.9. The van der Waals surface area contributed by atoms with E-state index in [4.69, 9.17) is 5.73 Å². The number of fused-ring (bicyclic) bond motifs is 3. The van der Waals surface area contributed by atoms with Gasteiger partial charge in [0.05, 0.1) is 5.41 Å². The monoisotopic (exact) mass is 343 g/mol. The van der Waals surface area contributed by atoms with Gasteiger partial charge in [-0.05, 0) is 35.1 Å². The fourth-order valence-corrected chi connectivity index (χ4v) is 3.86. The van der Waals surface area contributed by atoms with Gasteiger partial charge in [-0.3, -0.25) is 4.79 Å². The summed E-state index contributed by atoms with van der Waals surface area (Å²) < 4.78 is 0. The van der Waals surface area contributed by atoms with Crippen molar-refractivity contribution in [1.82, 2.24) is 0 Å². The third-order valence-corrected chi connectivity index (χ3v) is 4.98. The Bertz CT molecular complexity index is 635. The normalized spacial score (nSPS) is 14.5. The SMILES string of the molecule is NC(=O)C1(CCCCBr)c2ccccc2-c2ccccc21. The third kappa shape index (κ3) is 2.11. The first-order chi connectivity index (χ1) is 10.2. The number of halogens is 1. The Morgan fingerprint density at radius 2 is 1.48 bits per heavy atom. The first kappa shape index (κ1) is 14.3. The number of nitrogens with two attached hydrogens (primary N) is 1. The number of hydrogen-bond acceptors (Lipinski definition) is 1. The molecule has 0 heterocycles. The van der Waals surface area contributed by atoms with Gasteiger partial charge >= 0.3 is 0 Å². The average Bonchev–Trinajstić information content (AvgIpc) is 2.80. The molecule has 3 rings (SSSR count). The Balaban J connectivity index is 2.20. The summed E-state index contributed by atoms with van der Waals surface area (Å²) in [6.45, 7) is 0. The Labute approximate surface area is 133 Å². The van der Waals surface area contributed by atoms with E-state index in [1.807, 2.05) is 36.4 Å². The zero-order valence-electron chi connectivity index (χ0n) is 11.8. The van der Waals surface area contributed by atoms with Crippen molar-refractivity contribution in [3.05, 3.63) is 59.7 Å². The summed E-state index contributed by atoms with van der Waals surface area (Å²) in [5.41, 5.74) is 9.64. The molecule has 2 N–H and O–H groups in total. The summed E-state index contributed by atoms with van der Waals surface area (Å²) in [6.07, 6.45) is 2.78. The Kier molecular flexibility index (Phi) is 3.85. The van der Waals surface area contributed by atoms with Crippen LogP contribution in [0.3, 0.4) is 0 Å². The molecule has 0 saturated carbocycles. The van der Waals surface area contributed by atoms with Gasteiger partial charge in [0.15, 0.2) is 0 Å². The van der Waals surface area contributed by atoms with Crippen LogP contribution in [0.5, 0.6) is 0 Å². The quantitative estimate of drug-likeness (QED) is 0.647. The first-order valence-corrected chi connectivity index (χ1v) is 8.39. The molecule has 0 fully saturated rings. The van der Waals surface area contributed by atoms with E-state index in [1.54, 1.807) is 0 Å². The molecular weight excluding hydrogens is 326 g/mol. The molecule has 0 saturated heterocycles. The van der Waals surface area contributed by atoms with Crippen molar-refractivity contribution < 1.29 is 4.79 Å². The van der Waals surface area contributed by atoms with E-state index in [-0.39, 0.29) is 5.91 Å². The number of carbonyl (C=O) groups is 1. The van der Waals surface area contributed by atoms with Gasteiger partial charge in [-0.15, -0.1) is 0 Å². The minimum absolute atomic E-state index is 0.241. The largest absolute Gasteiger partial charge is 0.369 e. The maximum Gasteiger partial charge on any atom is 0.232 e. The number of hydrogen-bond donors (Lipinski definition) is 1. The highest BCUT2D eigenvalue weighted by Crippen LogP contribution is 2.51. The van der Waals surface area contributed by atoms with Gasteiger partial charge in [0.25, 0.3) is 0 Å². The van der Waals surface area contributed by atoms with E-state index in [2.05, 4.69) is 28.1 Å². The van der Waals surface area contributed by atoms with Gasteiger partial charge < -0.3 is 5.73 Å². The molecule has 0 unspecified atom stereocenters. The van der Waals surface area contributed by atoms with Crippen molar-refractivity contribution in [2.24, 2.45) is 5.73 Å². The minimum atomic E-state index is -0.671. The van der Waals surface area contributed by atoms with Crippen molar-refractivity contribution in [3.8, 4) is 11.1 Å². The number of unbranched alkanes of at least 4 members (excludes halogenated alkanes) is 1. The fourth-order valence-electron chi connectivity index (χ4n) is 3.47. The second-order valence-corrected chi connectivity index (χ2v) is 6.30. The molecular formula is C18H18BrNO. The highest BCUT2D eigenvalue weighted by Gasteiger charge is 2.47. The molecule has 0 spiro atoms. The topological polar surface area (TPSA) is 43.1 Å². The van der Waals surface area contributed by atoms with Crippen LogP contribution in [0.1, 0.15) is 30.4 Å². The van der Waals surface area contributed by atoms with Crippen LogP contribution in [0, 0.1) is 0 Å². The van der Waals surface area contributed by atoms with Crippen LogP contribution in [0.2, 0.25) is 0 Å². The van der Waals surface area contributed by atoms with Gasteiger partial charge in [0.1, 0.15) is 0 Å². The standard InChI is InChI=1S/C18H18BrNO/c19-12-6-5-11-18(17(20)21)15-9-3-1-7-13(15)14-8-2-4-10-16(14)18/h1-4,7-10H,5-6,11-12H2,(H2,20,21). The Hall–Kier alpha value is -1.61. The van der Waals surface area contributed by atoms with Crippen LogP contribution < -0.4 is 5.73 Å². The van der Waals surface area contributed by atoms with Gasteiger partial charge in [-0.2, -0.15) is 0 Å². The van der Waals surface area contributed by atoms with Gasteiger partial charge in [0, 0.05) is 5.33 Å². The lowest BCUT2D eigenvalue weighted by Crippen LogP contribution is -2.40. The molecule has 0 aromatic heterocycles. The molecule has 0 radical (unpaired) electrons. The molecule has 0 atom stereocenters. The third-order valence-electron chi connectivity index (χ3n) is 4.42. The zero-order valence-corrected chi connectivity index (χ0v) is 13.4. The number of benzene rings is 2. The van der Waals surface area contributed by atoms with Crippen LogP contribution in [-0.4, -0.2) is 11.2 Å². The maximum atomic E-state index is 12.5. The first-order valence-electron chi connectivity index (χ1n) is 7.27. The molecule has 2 aromatic carbocycles. The summed E-state index contributed by atoms with van der Waals surface area (Å²) >= 11 is 3.46. The molecule has 108 valence electrons. The number of amides is 1. The molecule has 2 nitrogen and oxygen atoms in total. The maximum absolute atomic E-state index is 12.5. The molecule has 2 aromatic rings. The second-order valence-electron chi connectivity index (χ2n) is 5.51. The van der Waals surface area contributed by atoms with Crippen LogP contribution in [-0.2, 0) is 10.2 Å². The van der Waals surface area contributed by atoms with Crippen LogP contribution in [0.4, 0.5) is 0 Å². The molecule has 0 bridgehead atoms. The summed E-state index contributed by atoms with van der Waals surface area (Å²) in [5.74, 6) is -0.241. The lowest BCUT2D eigenvalue weighted by atomic mass is 9.73. The predicted octanol–water partition coefficient (Wildman–Crippen LogP) is 4.00. The van der Waals surface area contributed by atoms with E-state index in [0.29, 0.717) is 0 Å². The summed E-state index contributed by atoms with van der Waals surface area (Å²) in [7, 11) is 0. The lowest BCUT2D eigenvalue weighted by molar-refractivity contribution is -0.122. The summed E-state index contributed by atoms with van der Waals surface area (Å²) in [6, 6.07) is 16.3. The van der Waals surface area contributed by atoms with E-state index in [9.17, 15) is 4.79 Å².